The molecule has 1 N–H and O–H groups in total. The van der Waals surface area contributed by atoms with Crippen molar-refractivity contribution in [3.05, 3.63) is 0 Å². The molecule has 2 fully saturated rings. The maximum Gasteiger partial charge on any atom is 0.303 e. The van der Waals surface area contributed by atoms with Crippen molar-refractivity contribution in [2.24, 2.45) is 5.92 Å². The second-order valence-corrected chi connectivity index (χ2v) is 6.74. The second-order valence-electron chi connectivity index (χ2n) is 6.74. The number of ether oxygens (including phenoxy) is 5. The van der Waals surface area contributed by atoms with Crippen molar-refractivity contribution in [2.45, 2.75) is 70.9 Å². The van der Waals surface area contributed by atoms with E-state index in [2.05, 4.69) is 0 Å². The molecule has 0 radical (unpaired) electrons. The van der Waals surface area contributed by atoms with Crippen molar-refractivity contribution in [3.8, 4) is 0 Å². The highest BCUT2D eigenvalue weighted by Gasteiger charge is 2.61. The first-order chi connectivity index (χ1) is 11.5. The van der Waals surface area contributed by atoms with Crippen LogP contribution in [0.25, 0.3) is 0 Å². The number of hydrogen-bond donors (Lipinski definition) is 1. The number of hydrogen-bond acceptors (Lipinski definition) is 9. The van der Waals surface area contributed by atoms with Crippen molar-refractivity contribution in [3.63, 3.8) is 0 Å². The number of carbonyl (C=O) groups excluding carboxylic acids is 3. The minimum Gasteiger partial charge on any atom is -0.463 e. The van der Waals surface area contributed by atoms with Gasteiger partial charge < -0.3 is 28.8 Å². The van der Waals surface area contributed by atoms with Crippen molar-refractivity contribution in [1.82, 2.24) is 0 Å². The smallest absolute Gasteiger partial charge is 0.303 e. The molecular formula is C16H24O9. The molecule has 1 unspecified atom stereocenters. The molecule has 0 aromatic rings. The van der Waals surface area contributed by atoms with Gasteiger partial charge in [-0.25, -0.2) is 0 Å². The SMILES string of the molecule is CC(=O)OC[C@H]1O[C@@H]2OC(C)(C)C(O)[C@@H]2[C@@H](OC(C)=O)[C@H]1OC(C)=O. The quantitative estimate of drug-likeness (QED) is 0.542. The lowest BCUT2D eigenvalue weighted by Crippen LogP contribution is -2.59. The molecule has 2 aliphatic heterocycles. The van der Waals surface area contributed by atoms with Crippen LogP contribution < -0.4 is 0 Å². The van der Waals surface area contributed by atoms with Gasteiger partial charge in [-0.1, -0.05) is 0 Å². The van der Waals surface area contributed by atoms with Gasteiger partial charge in [0.15, 0.2) is 18.5 Å². The standard InChI is InChI=1S/C16H24O9/c1-7(17)21-6-10-12(22-8(2)18)13(23-9(3)19)11-14(20)16(4,5)25-15(11)24-10/h10-15,20H,6H2,1-5H3/t10-,11+,12+,13-,14?,15-/m1/s1. The average molecular weight is 360 g/mol. The molecule has 0 bridgehead atoms. The van der Waals surface area contributed by atoms with E-state index in [1.165, 1.54) is 20.8 Å². The van der Waals surface area contributed by atoms with Crippen LogP contribution in [0.5, 0.6) is 0 Å². The maximum absolute atomic E-state index is 11.6. The van der Waals surface area contributed by atoms with E-state index < -0.39 is 60.1 Å². The first kappa shape index (κ1) is 19.6. The summed E-state index contributed by atoms with van der Waals surface area (Å²) in [6.45, 7) is 6.77. The van der Waals surface area contributed by atoms with Gasteiger partial charge in [-0.05, 0) is 13.8 Å². The highest BCUT2D eigenvalue weighted by atomic mass is 16.7. The molecule has 2 aliphatic rings. The maximum atomic E-state index is 11.6. The zero-order chi connectivity index (χ0) is 18.9. The number of rotatable bonds is 4. The Morgan fingerprint density at radius 3 is 2.08 bits per heavy atom. The molecule has 0 aromatic heterocycles. The highest BCUT2D eigenvalue weighted by molar-refractivity contribution is 5.67. The summed E-state index contributed by atoms with van der Waals surface area (Å²) in [5.74, 6) is -2.52. The van der Waals surface area contributed by atoms with E-state index in [0.29, 0.717) is 0 Å². The Morgan fingerprint density at radius 1 is 1.00 bits per heavy atom. The molecule has 9 heteroatoms. The Labute approximate surface area is 145 Å². The van der Waals surface area contributed by atoms with Crippen LogP contribution in [-0.4, -0.2) is 65.9 Å². The fraction of sp³-hybridized carbons (Fsp3) is 0.812. The second kappa shape index (κ2) is 7.27. The molecule has 25 heavy (non-hydrogen) atoms. The van der Waals surface area contributed by atoms with E-state index >= 15 is 0 Å². The summed E-state index contributed by atoms with van der Waals surface area (Å²) in [5, 5.41) is 10.6. The van der Waals surface area contributed by atoms with E-state index in [0.717, 1.165) is 0 Å². The van der Waals surface area contributed by atoms with Gasteiger partial charge in [-0.3, -0.25) is 14.4 Å². The van der Waals surface area contributed by atoms with E-state index in [1.54, 1.807) is 13.8 Å². The molecule has 0 saturated carbocycles. The van der Waals surface area contributed by atoms with E-state index in [9.17, 15) is 19.5 Å². The summed E-state index contributed by atoms with van der Waals surface area (Å²) >= 11 is 0. The molecule has 0 aliphatic carbocycles. The van der Waals surface area contributed by atoms with Gasteiger partial charge in [0.2, 0.25) is 0 Å². The third-order valence-electron chi connectivity index (χ3n) is 4.24. The number of carbonyl (C=O) groups is 3. The molecule has 9 nitrogen and oxygen atoms in total. The van der Waals surface area contributed by atoms with Crippen LogP contribution in [-0.2, 0) is 38.1 Å². The summed E-state index contributed by atoms with van der Waals surface area (Å²) in [7, 11) is 0. The lowest BCUT2D eigenvalue weighted by molar-refractivity contribution is -0.278. The zero-order valence-electron chi connectivity index (χ0n) is 14.9. The summed E-state index contributed by atoms with van der Waals surface area (Å²) in [5.41, 5.74) is -0.954. The van der Waals surface area contributed by atoms with Crippen molar-refractivity contribution in [2.75, 3.05) is 6.61 Å². The zero-order valence-corrected chi connectivity index (χ0v) is 14.9. The Bertz CT molecular complexity index is 544. The molecular weight excluding hydrogens is 336 g/mol. The fourth-order valence-corrected chi connectivity index (χ4v) is 3.20. The van der Waals surface area contributed by atoms with E-state index in [4.69, 9.17) is 23.7 Å². The van der Waals surface area contributed by atoms with Crippen LogP contribution in [0.3, 0.4) is 0 Å². The molecule has 0 spiro atoms. The normalized spacial score (nSPS) is 36.2. The first-order valence-corrected chi connectivity index (χ1v) is 8.02. The third kappa shape index (κ3) is 4.28. The van der Waals surface area contributed by atoms with E-state index in [-0.39, 0.29) is 6.61 Å². The molecule has 6 atom stereocenters. The Balaban J connectivity index is 2.34. The molecule has 2 saturated heterocycles. The predicted molar refractivity (Wildman–Crippen MR) is 81.1 cm³/mol. The number of aliphatic hydroxyl groups excluding tert-OH is 1. The number of fused-ring (bicyclic) bond motifs is 1. The minimum atomic E-state index is -1.05. The van der Waals surface area contributed by atoms with Crippen LogP contribution in [0.2, 0.25) is 0 Å². The van der Waals surface area contributed by atoms with Crippen LogP contribution in [0.1, 0.15) is 34.6 Å². The average Bonchev–Trinajstić information content (AvgIpc) is 2.68. The number of aliphatic hydroxyl groups is 1. The van der Waals surface area contributed by atoms with Gasteiger partial charge in [-0.2, -0.15) is 0 Å². The Hall–Kier alpha value is -1.71. The molecule has 2 rings (SSSR count). The number of esters is 3. The Kier molecular flexibility index (Phi) is 5.70. The largest absolute Gasteiger partial charge is 0.463 e. The van der Waals surface area contributed by atoms with Crippen molar-refractivity contribution >= 4 is 17.9 Å². The third-order valence-corrected chi connectivity index (χ3v) is 4.24. The summed E-state index contributed by atoms with van der Waals surface area (Å²) in [4.78, 5) is 34.2. The highest BCUT2D eigenvalue weighted by Crippen LogP contribution is 2.44. The minimum absolute atomic E-state index is 0.214. The first-order valence-electron chi connectivity index (χ1n) is 8.02. The van der Waals surface area contributed by atoms with Gasteiger partial charge in [0.05, 0.1) is 17.6 Å². The topological polar surface area (TPSA) is 118 Å². The molecule has 142 valence electrons. The van der Waals surface area contributed by atoms with Gasteiger partial charge in [-0.15, -0.1) is 0 Å². The van der Waals surface area contributed by atoms with Crippen molar-refractivity contribution in [1.29, 1.82) is 0 Å². The summed E-state index contributed by atoms with van der Waals surface area (Å²) in [6.07, 6.45) is -4.87. The molecule has 2 heterocycles. The van der Waals surface area contributed by atoms with Gasteiger partial charge in [0, 0.05) is 20.8 Å². The lowest BCUT2D eigenvalue weighted by Gasteiger charge is -2.42. The lowest BCUT2D eigenvalue weighted by atomic mass is 9.83. The van der Waals surface area contributed by atoms with Gasteiger partial charge in [0.25, 0.3) is 0 Å². The van der Waals surface area contributed by atoms with Crippen LogP contribution in [0.4, 0.5) is 0 Å². The van der Waals surface area contributed by atoms with E-state index in [1.807, 2.05) is 0 Å². The molecule has 0 aromatic carbocycles. The van der Waals surface area contributed by atoms with Crippen LogP contribution in [0, 0.1) is 5.92 Å². The predicted octanol–water partition coefficient (Wildman–Crippen LogP) is -0.0763. The van der Waals surface area contributed by atoms with Crippen LogP contribution >= 0.6 is 0 Å². The summed E-state index contributed by atoms with van der Waals surface area (Å²) in [6, 6.07) is 0. The molecule has 0 amide bonds. The van der Waals surface area contributed by atoms with Gasteiger partial charge in [0.1, 0.15) is 12.7 Å². The van der Waals surface area contributed by atoms with Gasteiger partial charge >= 0.3 is 17.9 Å². The monoisotopic (exact) mass is 360 g/mol. The van der Waals surface area contributed by atoms with Crippen molar-refractivity contribution < 1.29 is 43.2 Å². The Morgan fingerprint density at radius 2 is 1.56 bits per heavy atom. The summed E-state index contributed by atoms with van der Waals surface area (Å²) < 4.78 is 27.1. The fourth-order valence-electron chi connectivity index (χ4n) is 3.20. The van der Waals surface area contributed by atoms with Crippen LogP contribution in [0.15, 0.2) is 0 Å².